The third kappa shape index (κ3) is 3.55. The van der Waals surface area contributed by atoms with Crippen LogP contribution in [0.4, 0.5) is 4.39 Å². The van der Waals surface area contributed by atoms with Crippen molar-refractivity contribution in [1.29, 1.82) is 0 Å². The summed E-state index contributed by atoms with van der Waals surface area (Å²) in [6.45, 7) is 1.18. The molecule has 5 nitrogen and oxygen atoms in total. The molecule has 7 heteroatoms. The average molecular weight is 307 g/mol. The molecular weight excluding hydrogens is 293 g/mol. The Kier molecular flexibility index (Phi) is 4.10. The molecule has 0 saturated carbocycles. The number of ether oxygens (including phenoxy) is 1. The summed E-state index contributed by atoms with van der Waals surface area (Å²) >= 11 is 1.58. The molecule has 1 aliphatic heterocycles. The number of nitrogens with zero attached hydrogens (tertiary/aromatic N) is 3. The van der Waals surface area contributed by atoms with Gasteiger partial charge in [-0.15, -0.1) is 11.3 Å². The van der Waals surface area contributed by atoms with E-state index < -0.39 is 5.82 Å². The van der Waals surface area contributed by atoms with Crippen LogP contribution in [0.15, 0.2) is 29.9 Å². The molecular formula is C14H14FN3O2S. The molecule has 2 aromatic rings. The van der Waals surface area contributed by atoms with Gasteiger partial charge in [0, 0.05) is 17.8 Å². The van der Waals surface area contributed by atoms with Gasteiger partial charge in [0.1, 0.15) is 6.10 Å². The van der Waals surface area contributed by atoms with E-state index in [9.17, 15) is 9.18 Å². The highest BCUT2D eigenvalue weighted by Gasteiger charge is 2.28. The molecule has 0 spiro atoms. The van der Waals surface area contributed by atoms with Crippen LogP contribution in [-0.4, -0.2) is 40.0 Å². The van der Waals surface area contributed by atoms with Crippen molar-refractivity contribution in [3.05, 3.63) is 40.6 Å². The number of hydrogen-bond donors (Lipinski definition) is 0. The van der Waals surface area contributed by atoms with Crippen molar-refractivity contribution >= 4 is 17.2 Å². The molecule has 110 valence electrons. The summed E-state index contributed by atoms with van der Waals surface area (Å²) in [5.74, 6) is -0.398. The van der Waals surface area contributed by atoms with Gasteiger partial charge >= 0.3 is 6.01 Å². The Labute approximate surface area is 125 Å². The van der Waals surface area contributed by atoms with Crippen LogP contribution in [0.3, 0.4) is 0 Å². The first-order chi connectivity index (χ1) is 10.2. The highest BCUT2D eigenvalue weighted by Crippen LogP contribution is 2.17. The lowest BCUT2D eigenvalue weighted by Gasteiger charge is -2.16. The molecule has 1 amide bonds. The van der Waals surface area contributed by atoms with E-state index >= 15 is 0 Å². The number of halogens is 1. The maximum atomic E-state index is 12.7. The molecule has 0 radical (unpaired) electrons. The number of amides is 1. The van der Waals surface area contributed by atoms with E-state index in [1.165, 1.54) is 0 Å². The van der Waals surface area contributed by atoms with Crippen molar-refractivity contribution < 1.29 is 13.9 Å². The Morgan fingerprint density at radius 1 is 1.48 bits per heavy atom. The molecule has 0 aliphatic carbocycles. The first-order valence-corrected chi connectivity index (χ1v) is 7.53. The Hall–Kier alpha value is -2.02. The number of rotatable bonds is 4. The number of carbonyl (C=O) groups is 1. The zero-order valence-electron chi connectivity index (χ0n) is 11.2. The number of aromatic nitrogens is 2. The van der Waals surface area contributed by atoms with Crippen molar-refractivity contribution in [2.75, 3.05) is 13.1 Å². The Bertz CT molecular complexity index is 603. The predicted octanol–water partition coefficient (Wildman–Crippen LogP) is 1.90. The van der Waals surface area contributed by atoms with E-state index in [0.717, 1.165) is 23.7 Å². The predicted molar refractivity (Wildman–Crippen MR) is 75.6 cm³/mol. The summed E-state index contributed by atoms with van der Waals surface area (Å²) in [6, 6.07) is 4.04. The first kappa shape index (κ1) is 13.9. The topological polar surface area (TPSA) is 55.3 Å². The molecule has 0 unspecified atom stereocenters. The molecule has 3 rings (SSSR count). The second-order valence-corrected chi connectivity index (χ2v) is 5.84. The minimum Gasteiger partial charge on any atom is -0.458 e. The fourth-order valence-corrected chi connectivity index (χ4v) is 2.93. The van der Waals surface area contributed by atoms with Gasteiger partial charge in [-0.3, -0.25) is 4.79 Å². The second kappa shape index (κ2) is 6.17. The van der Waals surface area contributed by atoms with E-state index in [1.54, 1.807) is 16.2 Å². The van der Waals surface area contributed by atoms with Crippen LogP contribution < -0.4 is 4.74 Å². The average Bonchev–Trinajstić information content (AvgIpc) is 3.13. The van der Waals surface area contributed by atoms with Crippen LogP contribution in [-0.2, 0) is 11.2 Å². The Balaban J connectivity index is 1.53. The minimum atomic E-state index is -0.499. The highest BCUT2D eigenvalue weighted by molar-refractivity contribution is 7.10. The summed E-state index contributed by atoms with van der Waals surface area (Å²) in [7, 11) is 0. The quantitative estimate of drug-likeness (QED) is 0.866. The van der Waals surface area contributed by atoms with E-state index in [2.05, 4.69) is 9.97 Å². The van der Waals surface area contributed by atoms with Gasteiger partial charge in [0.25, 0.3) is 0 Å². The SMILES string of the molecule is O=C(Cc1cccs1)N1CC[C@H](Oc2ncc(F)cn2)C1. The van der Waals surface area contributed by atoms with Crippen molar-refractivity contribution in [2.45, 2.75) is 18.9 Å². The van der Waals surface area contributed by atoms with Gasteiger partial charge < -0.3 is 9.64 Å². The maximum Gasteiger partial charge on any atom is 0.316 e. The monoisotopic (exact) mass is 307 g/mol. The largest absolute Gasteiger partial charge is 0.458 e. The zero-order chi connectivity index (χ0) is 14.7. The fourth-order valence-electron chi connectivity index (χ4n) is 2.24. The van der Waals surface area contributed by atoms with E-state index in [0.29, 0.717) is 19.5 Å². The summed E-state index contributed by atoms with van der Waals surface area (Å²) in [4.78, 5) is 22.5. The standard InChI is InChI=1S/C14H14FN3O2S/c15-10-7-16-14(17-8-10)20-11-3-4-18(9-11)13(19)6-12-2-1-5-21-12/h1-2,5,7-8,11H,3-4,6,9H2/t11-/m0/s1. The van der Waals surface area contributed by atoms with E-state index in [4.69, 9.17) is 4.74 Å². The van der Waals surface area contributed by atoms with Crippen LogP contribution in [0.5, 0.6) is 6.01 Å². The van der Waals surface area contributed by atoms with Gasteiger partial charge in [-0.2, -0.15) is 0 Å². The van der Waals surface area contributed by atoms with Crippen LogP contribution in [0.1, 0.15) is 11.3 Å². The van der Waals surface area contributed by atoms with Crippen LogP contribution >= 0.6 is 11.3 Å². The van der Waals surface area contributed by atoms with E-state index in [-0.39, 0.29) is 18.0 Å². The first-order valence-electron chi connectivity index (χ1n) is 6.65. The third-order valence-corrected chi connectivity index (χ3v) is 4.15. The molecule has 0 aromatic carbocycles. The lowest BCUT2D eigenvalue weighted by molar-refractivity contribution is -0.129. The highest BCUT2D eigenvalue weighted by atomic mass is 32.1. The normalized spacial score (nSPS) is 18.0. The van der Waals surface area contributed by atoms with E-state index in [1.807, 2.05) is 17.5 Å². The van der Waals surface area contributed by atoms with Crippen LogP contribution in [0.2, 0.25) is 0 Å². The van der Waals surface area contributed by atoms with Crippen molar-refractivity contribution in [3.8, 4) is 6.01 Å². The summed E-state index contributed by atoms with van der Waals surface area (Å²) in [6.07, 6.45) is 3.16. The maximum absolute atomic E-state index is 12.7. The van der Waals surface area contributed by atoms with Gasteiger partial charge in [-0.25, -0.2) is 14.4 Å². The second-order valence-electron chi connectivity index (χ2n) is 4.81. The van der Waals surface area contributed by atoms with Gasteiger partial charge in [0.2, 0.25) is 5.91 Å². The molecule has 0 bridgehead atoms. The van der Waals surface area contributed by atoms with Crippen LogP contribution in [0.25, 0.3) is 0 Å². The molecule has 1 aliphatic rings. The van der Waals surface area contributed by atoms with Gasteiger partial charge in [-0.1, -0.05) is 6.07 Å². The molecule has 0 N–H and O–H groups in total. The number of thiophene rings is 1. The zero-order valence-corrected chi connectivity index (χ0v) is 12.1. The summed E-state index contributed by atoms with van der Waals surface area (Å²) in [5, 5.41) is 1.96. The Morgan fingerprint density at radius 3 is 3.00 bits per heavy atom. The molecule has 3 heterocycles. The summed E-state index contributed by atoms with van der Waals surface area (Å²) < 4.78 is 18.3. The number of hydrogen-bond acceptors (Lipinski definition) is 5. The fraction of sp³-hybridized carbons (Fsp3) is 0.357. The number of carbonyl (C=O) groups excluding carboxylic acids is 1. The van der Waals surface area contributed by atoms with Crippen molar-refractivity contribution in [3.63, 3.8) is 0 Å². The van der Waals surface area contributed by atoms with Gasteiger partial charge in [0.05, 0.1) is 25.4 Å². The van der Waals surface area contributed by atoms with Crippen LogP contribution in [0, 0.1) is 5.82 Å². The smallest absolute Gasteiger partial charge is 0.316 e. The molecule has 2 aromatic heterocycles. The third-order valence-electron chi connectivity index (χ3n) is 3.27. The summed E-state index contributed by atoms with van der Waals surface area (Å²) in [5.41, 5.74) is 0. The minimum absolute atomic E-state index is 0.101. The molecule has 21 heavy (non-hydrogen) atoms. The molecule has 1 fully saturated rings. The Morgan fingerprint density at radius 2 is 2.29 bits per heavy atom. The molecule has 1 atom stereocenters. The lowest BCUT2D eigenvalue weighted by atomic mass is 10.3. The molecule has 1 saturated heterocycles. The number of likely N-dealkylation sites (tertiary alicyclic amines) is 1. The van der Waals surface area contributed by atoms with Gasteiger partial charge in [-0.05, 0) is 11.4 Å². The van der Waals surface area contributed by atoms with Crippen molar-refractivity contribution in [2.24, 2.45) is 0 Å². The van der Waals surface area contributed by atoms with Crippen molar-refractivity contribution in [1.82, 2.24) is 14.9 Å². The lowest BCUT2D eigenvalue weighted by Crippen LogP contribution is -2.32. The van der Waals surface area contributed by atoms with Gasteiger partial charge in [0.15, 0.2) is 5.82 Å².